The molecule has 1 aliphatic heterocycles. The van der Waals surface area contributed by atoms with Crippen molar-refractivity contribution in [2.24, 2.45) is 5.41 Å². The van der Waals surface area contributed by atoms with Crippen LogP contribution in [0.25, 0.3) is 23.3 Å². The first-order valence-corrected chi connectivity index (χ1v) is 13.8. The van der Waals surface area contributed by atoms with E-state index in [1.54, 1.807) is 0 Å². The summed E-state index contributed by atoms with van der Waals surface area (Å²) >= 11 is 0. The number of carboxylic acid groups (broad SMARTS) is 1. The SMILES string of the molecule is Cc1nc(C)c(C(OC(C)(C)C)C(=O)O)c(N2CCC(C)(C)CC2)c1C=Cc1ccc(-c2ccccc2)cc1. The van der Waals surface area contributed by atoms with Gasteiger partial charge in [0.2, 0.25) is 0 Å². The molecule has 4 rings (SSSR count). The minimum atomic E-state index is -1.11. The number of rotatable bonds is 7. The molecule has 1 aliphatic rings. The lowest BCUT2D eigenvalue weighted by atomic mass is 9.82. The van der Waals surface area contributed by atoms with Crippen molar-refractivity contribution in [3.63, 3.8) is 0 Å². The summed E-state index contributed by atoms with van der Waals surface area (Å²) in [7, 11) is 0. The van der Waals surface area contributed by atoms with Crippen LogP contribution in [0, 0.1) is 19.3 Å². The van der Waals surface area contributed by atoms with E-state index in [1.807, 2.05) is 52.8 Å². The van der Waals surface area contributed by atoms with Gasteiger partial charge in [-0.2, -0.15) is 0 Å². The number of aliphatic carboxylic acids is 1. The minimum absolute atomic E-state index is 0.262. The van der Waals surface area contributed by atoms with Gasteiger partial charge in [0, 0.05) is 35.6 Å². The number of pyridine rings is 1. The zero-order valence-electron chi connectivity index (χ0n) is 24.4. The first-order valence-electron chi connectivity index (χ1n) is 13.8. The predicted molar refractivity (Wildman–Crippen MR) is 161 cm³/mol. The Morgan fingerprint density at radius 2 is 1.54 bits per heavy atom. The van der Waals surface area contributed by atoms with Crippen LogP contribution in [-0.2, 0) is 9.53 Å². The molecule has 0 bridgehead atoms. The van der Waals surface area contributed by atoms with Crippen LogP contribution in [0.3, 0.4) is 0 Å². The lowest BCUT2D eigenvalue weighted by Crippen LogP contribution is -2.39. The monoisotopic (exact) mass is 526 g/mol. The van der Waals surface area contributed by atoms with Gasteiger partial charge >= 0.3 is 5.97 Å². The minimum Gasteiger partial charge on any atom is -0.479 e. The van der Waals surface area contributed by atoms with Crippen LogP contribution in [-0.4, -0.2) is 34.8 Å². The van der Waals surface area contributed by atoms with Gasteiger partial charge in [-0.25, -0.2) is 4.79 Å². The third kappa shape index (κ3) is 6.96. The average molecular weight is 527 g/mol. The van der Waals surface area contributed by atoms with Crippen molar-refractivity contribution in [1.82, 2.24) is 4.98 Å². The van der Waals surface area contributed by atoms with Gasteiger partial charge in [-0.15, -0.1) is 0 Å². The number of carbonyl (C=O) groups is 1. The summed E-state index contributed by atoms with van der Waals surface area (Å²) in [6.45, 7) is 15.9. The molecule has 5 nitrogen and oxygen atoms in total. The second kappa shape index (κ2) is 11.4. The predicted octanol–water partition coefficient (Wildman–Crippen LogP) is 8.10. The molecule has 206 valence electrons. The Morgan fingerprint density at radius 3 is 2.10 bits per heavy atom. The average Bonchev–Trinajstić information content (AvgIpc) is 2.87. The second-order valence-electron chi connectivity index (χ2n) is 12.4. The van der Waals surface area contributed by atoms with E-state index in [0.29, 0.717) is 11.3 Å². The molecule has 2 aromatic carbocycles. The van der Waals surface area contributed by atoms with Crippen LogP contribution in [0.15, 0.2) is 54.6 Å². The van der Waals surface area contributed by atoms with Crippen molar-refractivity contribution in [2.45, 2.75) is 73.0 Å². The lowest BCUT2D eigenvalue weighted by Gasteiger charge is -2.41. The van der Waals surface area contributed by atoms with Gasteiger partial charge < -0.3 is 14.7 Å². The van der Waals surface area contributed by atoms with E-state index in [-0.39, 0.29) is 5.41 Å². The smallest absolute Gasteiger partial charge is 0.337 e. The number of piperidine rings is 1. The highest BCUT2D eigenvalue weighted by molar-refractivity contribution is 5.85. The van der Waals surface area contributed by atoms with E-state index in [9.17, 15) is 9.90 Å². The Morgan fingerprint density at radius 1 is 0.949 bits per heavy atom. The molecule has 0 radical (unpaired) electrons. The number of aryl methyl sites for hydroxylation is 2. The van der Waals surface area contributed by atoms with Gasteiger partial charge in [0.15, 0.2) is 6.10 Å². The van der Waals surface area contributed by atoms with Gasteiger partial charge in [0.1, 0.15) is 0 Å². The van der Waals surface area contributed by atoms with Crippen LogP contribution in [0.5, 0.6) is 0 Å². The summed E-state index contributed by atoms with van der Waals surface area (Å²) in [6, 6.07) is 18.8. The number of carboxylic acids is 1. The summed E-state index contributed by atoms with van der Waals surface area (Å²) in [5.74, 6) is -0.997. The lowest BCUT2D eigenvalue weighted by molar-refractivity contribution is -0.160. The van der Waals surface area contributed by atoms with Gasteiger partial charge in [0.05, 0.1) is 11.3 Å². The Labute approximate surface area is 233 Å². The zero-order valence-corrected chi connectivity index (χ0v) is 24.4. The van der Waals surface area contributed by atoms with Crippen molar-refractivity contribution < 1.29 is 14.6 Å². The van der Waals surface area contributed by atoms with Crippen molar-refractivity contribution >= 4 is 23.8 Å². The third-order valence-corrected chi connectivity index (χ3v) is 7.48. The molecule has 0 saturated carbocycles. The number of nitrogens with zero attached hydrogens (tertiary/aromatic N) is 2. The van der Waals surface area contributed by atoms with Crippen LogP contribution in [0.1, 0.15) is 81.6 Å². The van der Waals surface area contributed by atoms with Crippen molar-refractivity contribution in [1.29, 1.82) is 0 Å². The standard InChI is InChI=1S/C34H42N2O3/c1-23-28(18-15-25-13-16-27(17-14-25)26-11-9-8-10-12-26)30(36-21-19-34(6,7)20-22-36)29(24(2)35-23)31(32(37)38)39-33(3,4)5/h8-18,31H,19-22H2,1-7H3,(H,37,38). The Hall–Kier alpha value is -3.44. The number of ether oxygens (including phenoxy) is 1. The number of anilines is 1. The second-order valence-corrected chi connectivity index (χ2v) is 12.4. The van der Waals surface area contributed by atoms with Crippen LogP contribution in [0.4, 0.5) is 5.69 Å². The van der Waals surface area contributed by atoms with Crippen molar-refractivity contribution in [2.75, 3.05) is 18.0 Å². The first kappa shape index (κ1) is 28.6. The number of hydrogen-bond donors (Lipinski definition) is 1. The number of benzene rings is 2. The molecule has 1 unspecified atom stereocenters. The summed E-state index contributed by atoms with van der Waals surface area (Å²) in [5.41, 5.74) is 7.19. The highest BCUT2D eigenvalue weighted by Crippen LogP contribution is 2.41. The Kier molecular flexibility index (Phi) is 8.31. The van der Waals surface area contributed by atoms with Gasteiger partial charge in [0.25, 0.3) is 0 Å². The van der Waals surface area contributed by atoms with Crippen LogP contribution in [0.2, 0.25) is 0 Å². The maximum absolute atomic E-state index is 12.6. The fourth-order valence-corrected chi connectivity index (χ4v) is 5.23. The summed E-state index contributed by atoms with van der Waals surface area (Å²) in [6.07, 6.45) is 5.15. The topological polar surface area (TPSA) is 62.7 Å². The molecule has 1 aromatic heterocycles. The molecule has 5 heteroatoms. The molecular formula is C34H42N2O3. The Balaban J connectivity index is 1.80. The molecule has 39 heavy (non-hydrogen) atoms. The maximum atomic E-state index is 12.6. The van der Waals surface area contributed by atoms with Gasteiger partial charge in [-0.3, -0.25) is 4.98 Å². The molecule has 0 amide bonds. The first-order chi connectivity index (χ1) is 18.3. The van der Waals surface area contributed by atoms with E-state index in [1.165, 1.54) is 11.1 Å². The summed E-state index contributed by atoms with van der Waals surface area (Å²) in [4.78, 5) is 19.8. The van der Waals surface area contributed by atoms with Crippen LogP contribution < -0.4 is 4.90 Å². The Bertz CT molecular complexity index is 1330. The summed E-state index contributed by atoms with van der Waals surface area (Å²) in [5, 5.41) is 10.3. The highest BCUT2D eigenvalue weighted by Gasteiger charge is 2.35. The molecule has 3 aromatic rings. The van der Waals surface area contributed by atoms with Crippen LogP contribution >= 0.6 is 0 Å². The number of hydrogen-bond acceptors (Lipinski definition) is 4. The van der Waals surface area contributed by atoms with E-state index in [0.717, 1.165) is 48.4 Å². The zero-order chi connectivity index (χ0) is 28.4. The maximum Gasteiger partial charge on any atom is 0.337 e. The largest absolute Gasteiger partial charge is 0.479 e. The highest BCUT2D eigenvalue weighted by atomic mass is 16.5. The van der Waals surface area contributed by atoms with Crippen molar-refractivity contribution in [3.05, 3.63) is 82.7 Å². The fourth-order valence-electron chi connectivity index (χ4n) is 5.23. The molecule has 0 spiro atoms. The summed E-state index contributed by atoms with van der Waals surface area (Å²) < 4.78 is 6.16. The molecule has 0 aliphatic carbocycles. The fraction of sp³-hybridized carbons (Fsp3) is 0.412. The molecule has 2 heterocycles. The van der Waals surface area contributed by atoms with E-state index in [4.69, 9.17) is 9.72 Å². The molecule has 1 fully saturated rings. The number of aromatic nitrogens is 1. The van der Waals surface area contributed by atoms with E-state index in [2.05, 4.69) is 67.3 Å². The third-order valence-electron chi connectivity index (χ3n) is 7.48. The van der Waals surface area contributed by atoms with Crippen molar-refractivity contribution in [3.8, 4) is 11.1 Å². The molecule has 1 saturated heterocycles. The molecule has 1 N–H and O–H groups in total. The molecular weight excluding hydrogens is 484 g/mol. The molecule has 1 atom stereocenters. The van der Waals surface area contributed by atoms with Gasteiger partial charge in [-0.05, 0) is 69.6 Å². The van der Waals surface area contributed by atoms with E-state index >= 15 is 0 Å². The normalized spacial score (nSPS) is 16.4. The quantitative estimate of drug-likeness (QED) is 0.337. The van der Waals surface area contributed by atoms with Gasteiger partial charge in [-0.1, -0.05) is 80.6 Å². The van der Waals surface area contributed by atoms with E-state index < -0.39 is 17.7 Å².